The van der Waals surface area contributed by atoms with Crippen molar-refractivity contribution in [3.63, 3.8) is 0 Å². The van der Waals surface area contributed by atoms with Gasteiger partial charge < -0.3 is 15.1 Å². The van der Waals surface area contributed by atoms with Crippen molar-refractivity contribution in [2.24, 2.45) is 0 Å². The fourth-order valence-corrected chi connectivity index (χ4v) is 3.12. The molecule has 8 heteroatoms. The van der Waals surface area contributed by atoms with Crippen molar-refractivity contribution in [2.45, 2.75) is 25.2 Å². The Morgan fingerprint density at radius 3 is 2.21 bits per heavy atom. The highest BCUT2D eigenvalue weighted by Crippen LogP contribution is 2.41. The molecular weight excluding hydrogens is 373 g/mol. The van der Waals surface area contributed by atoms with E-state index in [1.165, 1.54) is 19.2 Å². The summed E-state index contributed by atoms with van der Waals surface area (Å²) in [6, 6.07) is 13.6. The Kier molecular flexibility index (Phi) is 5.08. The van der Waals surface area contributed by atoms with E-state index in [1.807, 2.05) is 0 Å². The average molecular weight is 392 g/mol. The predicted molar refractivity (Wildman–Crippen MR) is 96.5 cm³/mol. The minimum Gasteiger partial charge on any atom is -0.710 e. The largest absolute Gasteiger partial charge is 0.710 e. The first-order chi connectivity index (χ1) is 13.2. The highest BCUT2D eigenvalue weighted by Gasteiger charge is 2.57. The van der Waals surface area contributed by atoms with Crippen LogP contribution in [0, 0.1) is 12.1 Å². The predicted octanol–water partition coefficient (Wildman–Crippen LogP) is 3.56. The minimum absolute atomic E-state index is 0.236. The summed E-state index contributed by atoms with van der Waals surface area (Å²) in [5, 5.41) is 23.0. The van der Waals surface area contributed by atoms with Crippen LogP contribution in [0.2, 0.25) is 0 Å². The summed E-state index contributed by atoms with van der Waals surface area (Å²) in [5.74, 6) is 0.370. The molecule has 0 radical (unpaired) electrons. The Balaban J connectivity index is 2.05. The van der Waals surface area contributed by atoms with Crippen molar-refractivity contribution in [2.75, 3.05) is 7.11 Å². The fraction of sp³-hybridized carbons (Fsp3) is 0.250. The van der Waals surface area contributed by atoms with E-state index in [0.717, 1.165) is 23.0 Å². The van der Waals surface area contributed by atoms with E-state index in [4.69, 9.17) is 4.74 Å². The normalized spacial score (nSPS) is 13.9. The molecule has 1 heterocycles. The Bertz CT molecular complexity index is 953. The average Bonchev–Trinajstić information content (AvgIpc) is 2.94. The SMILES string of the molecule is COc1ccc([C@@](O)(Cn2c[n+]([O-])c(-c3ccccc3)c2C)C(F)(F)F)cc1. The minimum atomic E-state index is -4.96. The van der Waals surface area contributed by atoms with Crippen LogP contribution in [0.3, 0.4) is 0 Å². The Morgan fingerprint density at radius 1 is 1.07 bits per heavy atom. The number of nitrogens with zero attached hydrogens (tertiary/aromatic N) is 2. The number of alkyl halides is 3. The molecule has 1 atom stereocenters. The maximum absolute atomic E-state index is 13.8. The first kappa shape index (κ1) is 19.8. The number of imidazole rings is 1. The number of methoxy groups -OCH3 is 1. The van der Waals surface area contributed by atoms with Crippen LogP contribution in [0.1, 0.15) is 11.3 Å². The number of aliphatic hydroxyl groups is 1. The maximum atomic E-state index is 13.8. The number of hydrogen-bond donors (Lipinski definition) is 1. The first-order valence-electron chi connectivity index (χ1n) is 8.45. The van der Waals surface area contributed by atoms with E-state index < -0.39 is 18.3 Å². The summed E-state index contributed by atoms with van der Waals surface area (Å²) in [7, 11) is 1.40. The van der Waals surface area contributed by atoms with Crippen molar-refractivity contribution >= 4 is 0 Å². The first-order valence-corrected chi connectivity index (χ1v) is 8.45. The summed E-state index contributed by atoms with van der Waals surface area (Å²) in [5.41, 5.74) is -2.39. The third-order valence-corrected chi connectivity index (χ3v) is 4.72. The van der Waals surface area contributed by atoms with Gasteiger partial charge in [-0.2, -0.15) is 13.2 Å². The molecule has 0 aliphatic carbocycles. The second-order valence-electron chi connectivity index (χ2n) is 6.46. The monoisotopic (exact) mass is 392 g/mol. The van der Waals surface area contributed by atoms with E-state index in [9.17, 15) is 23.5 Å². The maximum Gasteiger partial charge on any atom is 0.425 e. The van der Waals surface area contributed by atoms with Gasteiger partial charge in [0, 0.05) is 12.5 Å². The molecule has 0 saturated heterocycles. The summed E-state index contributed by atoms with van der Waals surface area (Å²) in [6.45, 7) is 0.686. The molecule has 0 saturated carbocycles. The molecule has 2 aromatic carbocycles. The zero-order chi connectivity index (χ0) is 20.5. The van der Waals surface area contributed by atoms with E-state index in [0.29, 0.717) is 21.7 Å². The number of rotatable bonds is 5. The number of benzene rings is 2. The van der Waals surface area contributed by atoms with Gasteiger partial charge in [0.2, 0.25) is 11.9 Å². The van der Waals surface area contributed by atoms with Gasteiger partial charge in [-0.15, -0.1) is 0 Å². The zero-order valence-corrected chi connectivity index (χ0v) is 15.3. The summed E-state index contributed by atoms with van der Waals surface area (Å²) >= 11 is 0. The van der Waals surface area contributed by atoms with Gasteiger partial charge in [-0.05, 0) is 17.7 Å². The lowest BCUT2D eigenvalue weighted by molar-refractivity contribution is -0.593. The van der Waals surface area contributed by atoms with Crippen molar-refractivity contribution in [1.82, 2.24) is 4.57 Å². The van der Waals surface area contributed by atoms with E-state index in [-0.39, 0.29) is 11.3 Å². The van der Waals surface area contributed by atoms with Gasteiger partial charge in [0.15, 0.2) is 5.69 Å². The van der Waals surface area contributed by atoms with Crippen LogP contribution in [-0.4, -0.2) is 23.0 Å². The molecule has 3 aromatic rings. The lowest BCUT2D eigenvalue weighted by Gasteiger charge is -2.29. The van der Waals surface area contributed by atoms with Crippen LogP contribution in [-0.2, 0) is 12.1 Å². The number of aromatic nitrogens is 2. The lowest BCUT2D eigenvalue weighted by atomic mass is 9.92. The van der Waals surface area contributed by atoms with Crippen LogP contribution >= 0.6 is 0 Å². The molecule has 1 aromatic heterocycles. The van der Waals surface area contributed by atoms with Gasteiger partial charge in [0.1, 0.15) is 18.0 Å². The molecular formula is C20H19F3N2O3. The van der Waals surface area contributed by atoms with Gasteiger partial charge in [0.05, 0.1) is 7.11 Å². The molecule has 0 aliphatic heterocycles. The molecule has 3 rings (SSSR count). The number of halogens is 3. The highest BCUT2D eigenvalue weighted by atomic mass is 19.4. The third kappa shape index (κ3) is 3.43. The fourth-order valence-electron chi connectivity index (χ4n) is 3.12. The molecule has 0 unspecified atom stereocenters. The van der Waals surface area contributed by atoms with Crippen LogP contribution in [0.15, 0.2) is 60.9 Å². The van der Waals surface area contributed by atoms with Crippen molar-refractivity contribution in [3.05, 3.63) is 77.4 Å². The standard InChI is InChI=1S/C20H19F3N2O3/c1-14-18(15-6-4-3-5-7-15)25(27)13-24(14)12-19(26,20(21,22)23)16-8-10-17(28-2)11-9-16/h3-11,13,26H,12H2,1-2H3/t19-/m0/s1. The Hall–Kier alpha value is -3.00. The topological polar surface area (TPSA) is 61.3 Å². The van der Waals surface area contributed by atoms with Crippen molar-refractivity contribution in [3.8, 4) is 17.0 Å². The molecule has 28 heavy (non-hydrogen) atoms. The molecule has 0 fully saturated rings. The molecule has 0 spiro atoms. The smallest absolute Gasteiger partial charge is 0.425 e. The van der Waals surface area contributed by atoms with Crippen LogP contribution in [0.25, 0.3) is 11.3 Å². The molecule has 5 nitrogen and oxygen atoms in total. The number of hydrogen-bond acceptors (Lipinski definition) is 3. The van der Waals surface area contributed by atoms with E-state index >= 15 is 0 Å². The van der Waals surface area contributed by atoms with Gasteiger partial charge in [0.25, 0.3) is 0 Å². The summed E-state index contributed by atoms with van der Waals surface area (Å²) < 4.78 is 48.1. The zero-order valence-electron chi connectivity index (χ0n) is 15.3. The summed E-state index contributed by atoms with van der Waals surface area (Å²) in [4.78, 5) is 0. The second kappa shape index (κ2) is 7.20. The lowest BCUT2D eigenvalue weighted by Crippen LogP contribution is -2.46. The quantitative estimate of drug-likeness (QED) is 0.534. The molecule has 0 amide bonds. The van der Waals surface area contributed by atoms with Crippen LogP contribution in [0.5, 0.6) is 5.75 Å². The van der Waals surface area contributed by atoms with E-state index in [1.54, 1.807) is 37.3 Å². The van der Waals surface area contributed by atoms with Gasteiger partial charge >= 0.3 is 6.18 Å². The Labute approximate surface area is 159 Å². The second-order valence-corrected chi connectivity index (χ2v) is 6.46. The Morgan fingerprint density at radius 2 is 1.68 bits per heavy atom. The van der Waals surface area contributed by atoms with E-state index in [2.05, 4.69) is 0 Å². The van der Waals surface area contributed by atoms with Gasteiger partial charge in [-0.25, -0.2) is 9.30 Å². The van der Waals surface area contributed by atoms with Crippen LogP contribution in [0.4, 0.5) is 13.2 Å². The molecule has 0 aliphatic rings. The molecule has 148 valence electrons. The molecule has 0 bridgehead atoms. The highest BCUT2D eigenvalue weighted by molar-refractivity contribution is 5.58. The summed E-state index contributed by atoms with van der Waals surface area (Å²) in [6.07, 6.45) is -3.95. The molecule has 1 N–H and O–H groups in total. The van der Waals surface area contributed by atoms with Gasteiger partial charge in [-0.3, -0.25) is 0 Å². The van der Waals surface area contributed by atoms with Gasteiger partial charge in [-0.1, -0.05) is 42.5 Å². The van der Waals surface area contributed by atoms with Crippen LogP contribution < -0.4 is 9.47 Å². The van der Waals surface area contributed by atoms with Crippen molar-refractivity contribution in [1.29, 1.82) is 0 Å². The third-order valence-electron chi connectivity index (χ3n) is 4.72. The van der Waals surface area contributed by atoms with Crippen molar-refractivity contribution < 1.29 is 27.7 Å². The number of ether oxygens (including phenoxy) is 1.